The molecule has 2 aliphatic rings. The maximum atomic E-state index is 9.91. The molecule has 2 aromatic rings. The van der Waals surface area contributed by atoms with Gasteiger partial charge in [0.25, 0.3) is 0 Å². The Bertz CT molecular complexity index is 649. The molecular weight excluding hydrogens is 316 g/mol. The zero-order valence-corrected chi connectivity index (χ0v) is 14.9. The predicted molar refractivity (Wildman–Crippen MR) is 97.0 cm³/mol. The molecule has 0 aromatic heterocycles. The van der Waals surface area contributed by atoms with Gasteiger partial charge in [0, 0.05) is 11.0 Å². The lowest BCUT2D eigenvalue weighted by atomic mass is 9.78. The second kappa shape index (κ2) is 8.00. The van der Waals surface area contributed by atoms with E-state index in [9.17, 15) is 5.11 Å². The molecule has 2 saturated heterocycles. The number of hydrogen-bond donors (Lipinski definition) is 1. The first-order valence-corrected chi connectivity index (χ1v) is 8.72. The third-order valence-electron chi connectivity index (χ3n) is 4.49. The second-order valence-corrected chi connectivity index (χ2v) is 6.96. The molecule has 0 saturated carbocycles. The molecule has 2 aliphatic heterocycles. The first-order valence-electron chi connectivity index (χ1n) is 8.72. The van der Waals surface area contributed by atoms with E-state index in [0.717, 1.165) is 32.0 Å². The fraction of sp³-hybridized carbons (Fsp3) is 0.429. The minimum Gasteiger partial charge on any atom is -0.508 e. The summed E-state index contributed by atoms with van der Waals surface area (Å²) < 4.78 is 15.1. The smallest absolute Gasteiger partial charge is 0.119 e. The third kappa shape index (κ3) is 5.30. The summed E-state index contributed by atoms with van der Waals surface area (Å²) in [5, 5.41) is 9.91. The molecule has 25 heavy (non-hydrogen) atoms. The number of hydrogen-bond acceptors (Lipinski definition) is 4. The van der Waals surface area contributed by atoms with E-state index in [2.05, 4.69) is 26.0 Å². The Balaban J connectivity index is 0.000000170. The quantitative estimate of drug-likeness (QED) is 0.816. The first-order chi connectivity index (χ1) is 12.1. The standard InChI is InChI=1S/C15H16O.C6H10O3/c1-15(2,12-8-4-3-5-9-12)13-10-6-7-11-14(13)16;1(5-3-8-5)7-2-6-4-9-6/h3-11,16H,1-2H3;5-6H,1-4H2. The Kier molecular flexibility index (Phi) is 5.74. The van der Waals surface area contributed by atoms with E-state index in [1.807, 2.05) is 36.4 Å². The van der Waals surface area contributed by atoms with Crippen molar-refractivity contribution in [3.05, 3.63) is 65.7 Å². The van der Waals surface area contributed by atoms with Gasteiger partial charge in [-0.25, -0.2) is 0 Å². The Morgan fingerprint density at radius 2 is 1.44 bits per heavy atom. The number of epoxide rings is 2. The molecule has 0 amide bonds. The summed E-state index contributed by atoms with van der Waals surface area (Å²) in [7, 11) is 0. The van der Waals surface area contributed by atoms with Gasteiger partial charge in [0.2, 0.25) is 0 Å². The molecular formula is C21H26O4. The predicted octanol–water partition coefficient (Wildman–Crippen LogP) is 3.52. The number of rotatable bonds is 6. The maximum absolute atomic E-state index is 9.91. The topological polar surface area (TPSA) is 54.5 Å². The highest BCUT2D eigenvalue weighted by Crippen LogP contribution is 2.36. The number of para-hydroxylation sites is 1. The van der Waals surface area contributed by atoms with Crippen molar-refractivity contribution in [2.24, 2.45) is 0 Å². The number of ether oxygens (including phenoxy) is 3. The lowest BCUT2D eigenvalue weighted by Gasteiger charge is -2.26. The molecule has 2 heterocycles. The van der Waals surface area contributed by atoms with Gasteiger partial charge in [-0.15, -0.1) is 0 Å². The minimum atomic E-state index is -0.174. The van der Waals surface area contributed by atoms with E-state index in [-0.39, 0.29) is 5.41 Å². The van der Waals surface area contributed by atoms with Gasteiger partial charge in [0.05, 0.1) is 26.4 Å². The van der Waals surface area contributed by atoms with Gasteiger partial charge < -0.3 is 19.3 Å². The Morgan fingerprint density at radius 3 is 1.96 bits per heavy atom. The van der Waals surface area contributed by atoms with Gasteiger partial charge in [-0.05, 0) is 11.6 Å². The van der Waals surface area contributed by atoms with Gasteiger partial charge in [-0.2, -0.15) is 0 Å². The summed E-state index contributed by atoms with van der Waals surface area (Å²) >= 11 is 0. The third-order valence-corrected chi connectivity index (χ3v) is 4.49. The van der Waals surface area contributed by atoms with E-state index in [1.54, 1.807) is 6.07 Å². The lowest BCUT2D eigenvalue weighted by Crippen LogP contribution is -2.18. The summed E-state index contributed by atoms with van der Waals surface area (Å²) in [5.74, 6) is 0.358. The van der Waals surface area contributed by atoms with Crippen molar-refractivity contribution in [3.63, 3.8) is 0 Å². The van der Waals surface area contributed by atoms with Crippen LogP contribution in [-0.4, -0.2) is 43.7 Å². The second-order valence-electron chi connectivity index (χ2n) is 6.96. The Morgan fingerprint density at radius 1 is 0.920 bits per heavy atom. The highest BCUT2D eigenvalue weighted by molar-refractivity contribution is 5.44. The van der Waals surface area contributed by atoms with Crippen molar-refractivity contribution in [3.8, 4) is 5.75 Å². The zero-order valence-electron chi connectivity index (χ0n) is 14.9. The van der Waals surface area contributed by atoms with Gasteiger partial charge in [-0.1, -0.05) is 62.4 Å². The molecule has 0 aliphatic carbocycles. The largest absolute Gasteiger partial charge is 0.508 e. The molecule has 2 atom stereocenters. The molecule has 2 unspecified atom stereocenters. The summed E-state index contributed by atoms with van der Waals surface area (Å²) in [6, 6.07) is 17.7. The molecule has 0 spiro atoms. The highest BCUT2D eigenvalue weighted by atomic mass is 16.6. The summed E-state index contributed by atoms with van der Waals surface area (Å²) in [5.41, 5.74) is 1.99. The van der Waals surface area contributed by atoms with Crippen LogP contribution in [0.1, 0.15) is 25.0 Å². The summed E-state index contributed by atoms with van der Waals surface area (Å²) in [6.45, 7) is 7.51. The van der Waals surface area contributed by atoms with E-state index < -0.39 is 0 Å². The molecule has 0 bridgehead atoms. The van der Waals surface area contributed by atoms with Crippen LogP contribution >= 0.6 is 0 Å². The monoisotopic (exact) mass is 342 g/mol. The Hall–Kier alpha value is -1.88. The Labute approximate surface area is 149 Å². The summed E-state index contributed by atoms with van der Waals surface area (Å²) in [4.78, 5) is 0. The van der Waals surface area contributed by atoms with E-state index in [4.69, 9.17) is 14.2 Å². The van der Waals surface area contributed by atoms with Crippen LogP contribution in [0.5, 0.6) is 5.75 Å². The average Bonchev–Trinajstić information content (AvgIpc) is 3.52. The van der Waals surface area contributed by atoms with Crippen molar-refractivity contribution in [1.29, 1.82) is 0 Å². The van der Waals surface area contributed by atoms with E-state index in [0.29, 0.717) is 18.0 Å². The normalized spacial score (nSPS) is 21.2. The molecule has 1 N–H and O–H groups in total. The highest BCUT2D eigenvalue weighted by Gasteiger charge is 2.26. The minimum absolute atomic E-state index is 0.174. The fourth-order valence-electron chi connectivity index (χ4n) is 2.67. The van der Waals surface area contributed by atoms with Gasteiger partial charge in [-0.3, -0.25) is 0 Å². The number of aromatic hydroxyl groups is 1. The van der Waals surface area contributed by atoms with Crippen LogP contribution in [0.4, 0.5) is 0 Å². The fourth-order valence-corrected chi connectivity index (χ4v) is 2.67. The van der Waals surface area contributed by atoms with Gasteiger partial charge >= 0.3 is 0 Å². The molecule has 0 radical (unpaired) electrons. The molecule has 4 heteroatoms. The average molecular weight is 342 g/mol. The number of phenols is 1. The maximum Gasteiger partial charge on any atom is 0.119 e. The van der Waals surface area contributed by atoms with Crippen molar-refractivity contribution >= 4 is 0 Å². The first kappa shape index (κ1) is 17.9. The SMILES string of the molecule is C(OCC1CO1)C1CO1.CC(C)(c1ccccc1)c1ccccc1O. The van der Waals surface area contributed by atoms with Crippen LogP contribution < -0.4 is 0 Å². The van der Waals surface area contributed by atoms with Crippen LogP contribution in [0.25, 0.3) is 0 Å². The number of benzene rings is 2. The van der Waals surface area contributed by atoms with Crippen LogP contribution in [0.2, 0.25) is 0 Å². The lowest BCUT2D eigenvalue weighted by molar-refractivity contribution is 0.102. The van der Waals surface area contributed by atoms with Crippen molar-refractivity contribution in [2.45, 2.75) is 31.5 Å². The molecule has 2 fully saturated rings. The summed E-state index contributed by atoms with van der Waals surface area (Å²) in [6.07, 6.45) is 0.785. The zero-order chi connectivity index (χ0) is 17.7. The van der Waals surface area contributed by atoms with E-state index >= 15 is 0 Å². The van der Waals surface area contributed by atoms with Crippen molar-refractivity contribution in [1.82, 2.24) is 0 Å². The van der Waals surface area contributed by atoms with Crippen LogP contribution in [0.3, 0.4) is 0 Å². The van der Waals surface area contributed by atoms with Crippen LogP contribution in [0, 0.1) is 0 Å². The van der Waals surface area contributed by atoms with Gasteiger partial charge in [0.1, 0.15) is 18.0 Å². The van der Waals surface area contributed by atoms with Crippen LogP contribution in [-0.2, 0) is 19.6 Å². The molecule has 4 rings (SSSR count). The van der Waals surface area contributed by atoms with Crippen LogP contribution in [0.15, 0.2) is 54.6 Å². The van der Waals surface area contributed by atoms with Crippen molar-refractivity contribution < 1.29 is 19.3 Å². The van der Waals surface area contributed by atoms with Crippen molar-refractivity contribution in [2.75, 3.05) is 26.4 Å². The molecule has 2 aromatic carbocycles. The van der Waals surface area contributed by atoms with Gasteiger partial charge in [0.15, 0.2) is 0 Å². The molecule has 4 nitrogen and oxygen atoms in total. The molecule has 134 valence electrons. The van der Waals surface area contributed by atoms with E-state index in [1.165, 1.54) is 5.56 Å². The number of phenolic OH excluding ortho intramolecular Hbond substituents is 1.